The second-order valence-electron chi connectivity index (χ2n) is 7.26. The van der Waals surface area contributed by atoms with Crippen molar-refractivity contribution in [2.75, 3.05) is 39.3 Å². The molecule has 0 saturated carbocycles. The van der Waals surface area contributed by atoms with Gasteiger partial charge in [-0.25, -0.2) is 0 Å². The van der Waals surface area contributed by atoms with Crippen molar-refractivity contribution in [3.05, 3.63) is 59.7 Å². The number of aryl methyl sites for hydroxylation is 2. The molecule has 3 aliphatic heterocycles. The highest BCUT2D eigenvalue weighted by molar-refractivity contribution is 7.86. The molecule has 3 heterocycles. The summed E-state index contributed by atoms with van der Waals surface area (Å²) in [6, 6.07) is 12.0. The summed E-state index contributed by atoms with van der Waals surface area (Å²) in [4.78, 5) is 4.95. The van der Waals surface area contributed by atoms with E-state index < -0.39 is 20.2 Å². The van der Waals surface area contributed by atoms with Crippen molar-refractivity contribution in [3.63, 3.8) is 0 Å². The second kappa shape index (κ2) is 10.5. The van der Waals surface area contributed by atoms with Crippen LogP contribution in [-0.4, -0.2) is 75.0 Å². The molecular weight excluding hydrogens is 428 g/mol. The molecule has 5 rings (SSSR count). The third-order valence-electron chi connectivity index (χ3n) is 4.84. The summed E-state index contributed by atoms with van der Waals surface area (Å²) in [5.74, 6) is 0. The van der Waals surface area contributed by atoms with Gasteiger partial charge in [-0.1, -0.05) is 35.4 Å². The summed E-state index contributed by atoms with van der Waals surface area (Å²) in [6.07, 6.45) is 0. The van der Waals surface area contributed by atoms with E-state index in [4.69, 9.17) is 9.11 Å². The minimum atomic E-state index is -4.02. The summed E-state index contributed by atoms with van der Waals surface area (Å²) in [7, 11) is -8.04. The average molecular weight is 457 g/mol. The molecule has 10 heteroatoms. The van der Waals surface area contributed by atoms with Crippen LogP contribution in [0.1, 0.15) is 11.1 Å². The maximum atomic E-state index is 10.5. The largest absolute Gasteiger partial charge is 0.300 e. The lowest BCUT2D eigenvalue weighted by atomic mass is 10.2. The van der Waals surface area contributed by atoms with E-state index in [1.54, 1.807) is 24.3 Å². The highest BCUT2D eigenvalue weighted by Gasteiger charge is 2.21. The Balaban J connectivity index is 0.000000162. The monoisotopic (exact) mass is 456 g/mol. The maximum absolute atomic E-state index is 10.5. The van der Waals surface area contributed by atoms with Crippen molar-refractivity contribution in [3.8, 4) is 0 Å². The summed E-state index contributed by atoms with van der Waals surface area (Å²) >= 11 is 0. The molecule has 0 amide bonds. The molecule has 3 saturated heterocycles. The molecule has 0 aromatic heterocycles. The molecule has 2 aromatic rings. The molecule has 2 N–H and O–H groups in total. The normalized spacial score (nSPS) is 20.4. The van der Waals surface area contributed by atoms with E-state index >= 15 is 0 Å². The molecular formula is C20H28N2O6S2. The highest BCUT2D eigenvalue weighted by atomic mass is 32.2. The first-order chi connectivity index (χ1) is 13.9. The quantitative estimate of drug-likeness (QED) is 0.660. The van der Waals surface area contributed by atoms with Crippen molar-refractivity contribution >= 4 is 20.2 Å². The van der Waals surface area contributed by atoms with Crippen LogP contribution in [0.3, 0.4) is 0 Å². The first kappa shape index (κ1) is 24.4. The molecule has 2 bridgehead atoms. The Hall–Kier alpha value is -1.82. The van der Waals surface area contributed by atoms with Crippen LogP contribution in [0.4, 0.5) is 0 Å². The molecule has 8 nitrogen and oxygen atoms in total. The van der Waals surface area contributed by atoms with Crippen LogP contribution >= 0.6 is 0 Å². The van der Waals surface area contributed by atoms with Gasteiger partial charge in [-0.05, 0) is 38.1 Å². The minimum Gasteiger partial charge on any atom is -0.300 e. The lowest BCUT2D eigenvalue weighted by Gasteiger charge is -2.41. The Morgan fingerprint density at radius 3 is 0.967 bits per heavy atom. The van der Waals surface area contributed by atoms with Gasteiger partial charge in [0.15, 0.2) is 0 Å². The van der Waals surface area contributed by atoms with Crippen LogP contribution in [0.2, 0.25) is 0 Å². The predicted octanol–water partition coefficient (Wildman–Crippen LogP) is 2.10. The molecule has 0 radical (unpaired) electrons. The van der Waals surface area contributed by atoms with Crippen molar-refractivity contribution < 1.29 is 25.9 Å². The summed E-state index contributed by atoms with van der Waals surface area (Å²) in [5, 5.41) is 0. The third kappa shape index (κ3) is 8.13. The van der Waals surface area contributed by atoms with E-state index in [0.29, 0.717) is 0 Å². The standard InChI is InChI=1S/2C7H8O3S.C6H12N2/c2*1-6-2-4-7(5-3-6)11(8,9)10;1-2-8-5-3-7(1)4-6-8/h2*2-5H,1H3,(H,8,9,10);1-6H2. The summed E-state index contributed by atoms with van der Waals surface area (Å²) < 4.78 is 59.1. The Labute approximate surface area is 178 Å². The van der Waals surface area contributed by atoms with Gasteiger partial charge in [0.05, 0.1) is 9.79 Å². The summed E-state index contributed by atoms with van der Waals surface area (Å²) in [6.45, 7) is 11.6. The van der Waals surface area contributed by atoms with Crippen LogP contribution in [0.25, 0.3) is 0 Å². The van der Waals surface area contributed by atoms with Crippen molar-refractivity contribution in [1.29, 1.82) is 0 Å². The van der Waals surface area contributed by atoms with Gasteiger partial charge in [-0.2, -0.15) is 16.8 Å². The third-order valence-corrected chi connectivity index (χ3v) is 6.57. The predicted molar refractivity (Wildman–Crippen MR) is 115 cm³/mol. The molecule has 0 aliphatic carbocycles. The molecule has 3 fully saturated rings. The van der Waals surface area contributed by atoms with Gasteiger partial charge in [-0.15, -0.1) is 0 Å². The van der Waals surface area contributed by atoms with Gasteiger partial charge in [-0.3, -0.25) is 18.9 Å². The molecule has 0 unspecified atom stereocenters. The van der Waals surface area contributed by atoms with Gasteiger partial charge >= 0.3 is 0 Å². The van der Waals surface area contributed by atoms with Gasteiger partial charge < -0.3 is 0 Å². The fourth-order valence-electron chi connectivity index (χ4n) is 2.94. The van der Waals surface area contributed by atoms with E-state index in [1.807, 2.05) is 13.8 Å². The van der Waals surface area contributed by atoms with E-state index in [1.165, 1.54) is 63.5 Å². The Kier molecular flexibility index (Phi) is 8.53. The van der Waals surface area contributed by atoms with Crippen LogP contribution in [0.15, 0.2) is 58.3 Å². The first-order valence-corrected chi connectivity index (χ1v) is 12.4. The van der Waals surface area contributed by atoms with Crippen molar-refractivity contribution in [2.24, 2.45) is 0 Å². The SMILES string of the molecule is C1CN2CCN1CC2.Cc1ccc(S(=O)(=O)O)cc1.Cc1ccc(S(=O)(=O)O)cc1. The number of hydrogen-bond donors (Lipinski definition) is 2. The van der Waals surface area contributed by atoms with Gasteiger partial charge in [0, 0.05) is 39.3 Å². The van der Waals surface area contributed by atoms with E-state index in [-0.39, 0.29) is 9.79 Å². The fourth-order valence-corrected chi connectivity index (χ4v) is 3.90. The molecule has 0 spiro atoms. The topological polar surface area (TPSA) is 115 Å². The van der Waals surface area contributed by atoms with E-state index in [2.05, 4.69) is 9.80 Å². The smallest absolute Gasteiger partial charge is 0.294 e. The minimum absolute atomic E-state index is 0.0666. The molecule has 0 atom stereocenters. The Bertz CT molecular complexity index is 915. The number of hydrogen-bond acceptors (Lipinski definition) is 6. The average Bonchev–Trinajstić information content (AvgIpc) is 2.70. The number of rotatable bonds is 2. The Morgan fingerprint density at radius 2 is 0.800 bits per heavy atom. The number of piperazine rings is 3. The highest BCUT2D eigenvalue weighted by Crippen LogP contribution is 2.09. The van der Waals surface area contributed by atoms with Crippen LogP contribution in [0, 0.1) is 13.8 Å². The first-order valence-electron chi connectivity index (χ1n) is 9.48. The lowest BCUT2D eigenvalue weighted by Crippen LogP contribution is -2.55. The van der Waals surface area contributed by atoms with Crippen LogP contribution in [-0.2, 0) is 20.2 Å². The lowest BCUT2D eigenvalue weighted by molar-refractivity contribution is 0.0647. The molecule has 3 aliphatic rings. The summed E-state index contributed by atoms with van der Waals surface area (Å²) in [5.41, 5.74) is 1.91. The zero-order valence-electron chi connectivity index (χ0n) is 17.1. The number of fused-ring (bicyclic) bond motifs is 3. The van der Waals surface area contributed by atoms with Crippen LogP contribution < -0.4 is 0 Å². The van der Waals surface area contributed by atoms with Gasteiger partial charge in [0.1, 0.15) is 0 Å². The molecule has 2 aromatic carbocycles. The fraction of sp³-hybridized carbons (Fsp3) is 0.400. The zero-order chi connectivity index (χ0) is 22.4. The van der Waals surface area contributed by atoms with Crippen molar-refractivity contribution in [1.82, 2.24) is 9.80 Å². The van der Waals surface area contributed by atoms with Gasteiger partial charge in [0.25, 0.3) is 20.2 Å². The zero-order valence-corrected chi connectivity index (χ0v) is 18.7. The van der Waals surface area contributed by atoms with Crippen LogP contribution in [0.5, 0.6) is 0 Å². The van der Waals surface area contributed by atoms with E-state index in [9.17, 15) is 16.8 Å². The Morgan fingerprint density at radius 1 is 0.567 bits per heavy atom. The molecule has 166 valence electrons. The van der Waals surface area contributed by atoms with E-state index in [0.717, 1.165) is 11.1 Å². The number of benzene rings is 2. The van der Waals surface area contributed by atoms with Gasteiger partial charge in [0.2, 0.25) is 0 Å². The number of nitrogens with zero attached hydrogens (tertiary/aromatic N) is 2. The van der Waals surface area contributed by atoms with Crippen molar-refractivity contribution in [2.45, 2.75) is 23.6 Å². The molecule has 30 heavy (non-hydrogen) atoms. The maximum Gasteiger partial charge on any atom is 0.294 e. The second-order valence-corrected chi connectivity index (χ2v) is 10.1.